The summed E-state index contributed by atoms with van der Waals surface area (Å²) >= 11 is 3.17. The fourth-order valence-electron chi connectivity index (χ4n) is 1.63. The van der Waals surface area contributed by atoms with Gasteiger partial charge in [-0.3, -0.25) is 0 Å². The summed E-state index contributed by atoms with van der Waals surface area (Å²) in [6, 6.07) is 9.28. The first-order chi connectivity index (χ1) is 9.81. The van der Waals surface area contributed by atoms with E-state index < -0.39 is 11.7 Å². The lowest BCUT2D eigenvalue weighted by atomic mass is 10.1. The molecule has 0 fully saturated rings. The van der Waals surface area contributed by atoms with Gasteiger partial charge >= 0.3 is 6.18 Å². The van der Waals surface area contributed by atoms with Crippen LogP contribution in [0.2, 0.25) is 0 Å². The molecule has 2 N–H and O–H groups in total. The van der Waals surface area contributed by atoms with Gasteiger partial charge in [-0.2, -0.15) is 18.4 Å². The molecule has 7 heteroatoms. The Bertz CT molecular complexity index is 723. The third-order valence-corrected chi connectivity index (χ3v) is 3.21. The highest BCUT2D eigenvalue weighted by Crippen LogP contribution is 2.40. The molecule has 0 aromatic heterocycles. The number of benzene rings is 2. The van der Waals surface area contributed by atoms with Crippen LogP contribution in [0.15, 0.2) is 40.9 Å². The fraction of sp³-hybridized carbons (Fsp3) is 0.0714. The maximum atomic E-state index is 13.0. The number of hydrogen-bond donors (Lipinski definition) is 1. The number of anilines is 1. The molecule has 2 aromatic rings. The maximum absolute atomic E-state index is 13.0. The van der Waals surface area contributed by atoms with E-state index in [1.165, 1.54) is 24.3 Å². The summed E-state index contributed by atoms with van der Waals surface area (Å²) in [6.07, 6.45) is -4.62. The fourth-order valence-corrected chi connectivity index (χ4v) is 2.11. The van der Waals surface area contributed by atoms with E-state index in [2.05, 4.69) is 15.9 Å². The van der Waals surface area contributed by atoms with Crippen molar-refractivity contribution in [2.75, 3.05) is 5.73 Å². The molecule has 2 rings (SSSR count). The van der Waals surface area contributed by atoms with Gasteiger partial charge in [0, 0.05) is 5.69 Å². The van der Waals surface area contributed by atoms with E-state index in [1.807, 2.05) is 0 Å². The predicted molar refractivity (Wildman–Crippen MR) is 74.8 cm³/mol. The molecular weight excluding hydrogens is 349 g/mol. The second-order valence-corrected chi connectivity index (χ2v) is 4.97. The minimum Gasteiger partial charge on any atom is -0.456 e. The highest BCUT2D eigenvalue weighted by atomic mass is 79.9. The van der Waals surface area contributed by atoms with Gasteiger partial charge in [-0.15, -0.1) is 0 Å². The van der Waals surface area contributed by atoms with Crippen LogP contribution >= 0.6 is 15.9 Å². The van der Waals surface area contributed by atoms with Gasteiger partial charge in [-0.1, -0.05) is 0 Å². The molecule has 0 aliphatic carbocycles. The Morgan fingerprint density at radius 2 is 1.76 bits per heavy atom. The summed E-state index contributed by atoms with van der Waals surface area (Å²) in [6.45, 7) is 0. The summed E-state index contributed by atoms with van der Waals surface area (Å²) in [7, 11) is 0. The molecule has 0 bridgehead atoms. The molecule has 3 nitrogen and oxygen atoms in total. The van der Waals surface area contributed by atoms with Crippen LogP contribution < -0.4 is 10.5 Å². The van der Waals surface area contributed by atoms with Crippen LogP contribution in [-0.4, -0.2) is 0 Å². The third-order valence-electron chi connectivity index (χ3n) is 2.59. The molecule has 0 spiro atoms. The number of alkyl halides is 3. The molecule has 108 valence electrons. The van der Waals surface area contributed by atoms with E-state index in [1.54, 1.807) is 6.07 Å². The second kappa shape index (κ2) is 5.66. The summed E-state index contributed by atoms with van der Waals surface area (Å²) in [4.78, 5) is 0. The van der Waals surface area contributed by atoms with Gasteiger partial charge in [-0.25, -0.2) is 0 Å². The number of nitrogen functional groups attached to an aromatic ring is 1. The minimum absolute atomic E-state index is 0.0916. The average molecular weight is 357 g/mol. The number of nitrogens with zero attached hydrogens (tertiary/aromatic N) is 1. The topological polar surface area (TPSA) is 59.0 Å². The average Bonchev–Trinajstić information content (AvgIpc) is 2.41. The van der Waals surface area contributed by atoms with E-state index in [4.69, 9.17) is 15.7 Å². The number of rotatable bonds is 2. The van der Waals surface area contributed by atoms with Crippen molar-refractivity contribution in [1.29, 1.82) is 5.26 Å². The number of hydrogen-bond acceptors (Lipinski definition) is 3. The van der Waals surface area contributed by atoms with Crippen molar-refractivity contribution in [3.05, 3.63) is 52.0 Å². The molecule has 0 aliphatic heterocycles. The van der Waals surface area contributed by atoms with Gasteiger partial charge in [-0.05, 0) is 52.3 Å². The first kappa shape index (κ1) is 15.2. The molecule has 0 aliphatic rings. The highest BCUT2D eigenvalue weighted by Gasteiger charge is 2.35. The van der Waals surface area contributed by atoms with Gasteiger partial charge in [0.2, 0.25) is 0 Å². The zero-order valence-corrected chi connectivity index (χ0v) is 12.0. The zero-order chi connectivity index (χ0) is 15.6. The van der Waals surface area contributed by atoms with Crippen LogP contribution in [0.4, 0.5) is 18.9 Å². The number of halogens is 4. The molecular formula is C14H8BrF3N2O. The van der Waals surface area contributed by atoms with Crippen molar-refractivity contribution in [3.8, 4) is 17.6 Å². The van der Waals surface area contributed by atoms with E-state index in [0.717, 1.165) is 12.1 Å². The largest absolute Gasteiger partial charge is 0.456 e. The SMILES string of the molecule is N#Cc1ccc(Oc2ccc(N)cc2Br)c(C(F)(F)F)c1. The number of nitriles is 1. The standard InChI is InChI=1S/C14H8BrF3N2O/c15-11-6-9(20)2-4-13(11)21-12-3-1-8(7-19)5-10(12)14(16,17)18/h1-6H,20H2. The first-order valence-electron chi connectivity index (χ1n) is 5.65. The van der Waals surface area contributed by atoms with Gasteiger partial charge in [0.15, 0.2) is 0 Å². The molecule has 21 heavy (non-hydrogen) atoms. The van der Waals surface area contributed by atoms with Crippen LogP contribution in [0.25, 0.3) is 0 Å². The molecule has 0 heterocycles. The molecule has 0 unspecified atom stereocenters. The zero-order valence-electron chi connectivity index (χ0n) is 10.4. The van der Waals surface area contributed by atoms with Crippen LogP contribution in [0.5, 0.6) is 11.5 Å². The summed E-state index contributed by atoms with van der Waals surface area (Å²) in [5, 5.41) is 8.70. The predicted octanol–water partition coefficient (Wildman–Crippen LogP) is 4.71. The molecule has 0 amide bonds. The van der Waals surface area contributed by atoms with Gasteiger partial charge < -0.3 is 10.5 Å². The summed E-state index contributed by atoms with van der Waals surface area (Å²) < 4.78 is 44.8. The minimum atomic E-state index is -4.62. The lowest BCUT2D eigenvalue weighted by Gasteiger charge is -2.15. The summed E-state index contributed by atoms with van der Waals surface area (Å²) in [5.41, 5.74) is 4.90. The van der Waals surface area contributed by atoms with Crippen molar-refractivity contribution in [2.45, 2.75) is 6.18 Å². The van der Waals surface area contributed by atoms with Crippen LogP contribution in [-0.2, 0) is 6.18 Å². The Labute approximate surface area is 126 Å². The normalized spacial score (nSPS) is 11.0. The van der Waals surface area contributed by atoms with Gasteiger partial charge in [0.1, 0.15) is 11.5 Å². The maximum Gasteiger partial charge on any atom is 0.420 e. The van der Waals surface area contributed by atoms with Gasteiger partial charge in [0.05, 0.1) is 21.7 Å². The quantitative estimate of drug-likeness (QED) is 0.792. The van der Waals surface area contributed by atoms with Crippen LogP contribution in [0.3, 0.4) is 0 Å². The molecule has 2 aromatic carbocycles. The van der Waals surface area contributed by atoms with E-state index in [-0.39, 0.29) is 17.1 Å². The van der Waals surface area contributed by atoms with Crippen LogP contribution in [0.1, 0.15) is 11.1 Å². The first-order valence-corrected chi connectivity index (χ1v) is 6.45. The molecule has 0 atom stereocenters. The smallest absolute Gasteiger partial charge is 0.420 e. The molecule has 0 saturated heterocycles. The van der Waals surface area contributed by atoms with E-state index >= 15 is 0 Å². The Hall–Kier alpha value is -2.20. The number of ether oxygens (including phenoxy) is 1. The van der Waals surface area contributed by atoms with Crippen LogP contribution in [0, 0.1) is 11.3 Å². The summed E-state index contributed by atoms with van der Waals surface area (Å²) in [5.74, 6) is -0.189. The molecule has 0 saturated carbocycles. The van der Waals surface area contributed by atoms with Crippen molar-refractivity contribution in [2.24, 2.45) is 0 Å². The number of nitrogens with two attached hydrogens (primary N) is 1. The van der Waals surface area contributed by atoms with Gasteiger partial charge in [0.25, 0.3) is 0 Å². The lowest BCUT2D eigenvalue weighted by molar-refractivity contribution is -0.138. The second-order valence-electron chi connectivity index (χ2n) is 4.11. The van der Waals surface area contributed by atoms with E-state index in [9.17, 15) is 13.2 Å². The van der Waals surface area contributed by atoms with Crippen molar-refractivity contribution >= 4 is 21.6 Å². The van der Waals surface area contributed by atoms with Crippen molar-refractivity contribution in [3.63, 3.8) is 0 Å². The third kappa shape index (κ3) is 3.47. The Morgan fingerprint density at radius 3 is 2.33 bits per heavy atom. The highest BCUT2D eigenvalue weighted by molar-refractivity contribution is 9.10. The Morgan fingerprint density at radius 1 is 1.10 bits per heavy atom. The lowest BCUT2D eigenvalue weighted by Crippen LogP contribution is -2.07. The monoisotopic (exact) mass is 356 g/mol. The Kier molecular flexibility index (Phi) is 4.09. The van der Waals surface area contributed by atoms with Crippen molar-refractivity contribution in [1.82, 2.24) is 0 Å². The van der Waals surface area contributed by atoms with E-state index in [0.29, 0.717) is 10.2 Å². The Balaban J connectivity index is 2.47. The van der Waals surface area contributed by atoms with Crippen molar-refractivity contribution < 1.29 is 17.9 Å². The molecule has 0 radical (unpaired) electrons.